The van der Waals surface area contributed by atoms with Gasteiger partial charge in [-0.2, -0.15) is 4.72 Å². The third-order valence-corrected chi connectivity index (χ3v) is 4.73. The van der Waals surface area contributed by atoms with Crippen LogP contribution < -0.4 is 14.8 Å². The highest BCUT2D eigenvalue weighted by Crippen LogP contribution is 2.16. The summed E-state index contributed by atoms with van der Waals surface area (Å²) in [5.41, 5.74) is 0. The zero-order chi connectivity index (χ0) is 17.5. The van der Waals surface area contributed by atoms with E-state index in [-0.39, 0.29) is 16.7 Å². The molecule has 1 aromatic rings. The van der Waals surface area contributed by atoms with Crippen LogP contribution in [0.1, 0.15) is 33.6 Å². The van der Waals surface area contributed by atoms with Crippen LogP contribution in [-0.2, 0) is 14.8 Å². The van der Waals surface area contributed by atoms with Gasteiger partial charge >= 0.3 is 0 Å². The van der Waals surface area contributed by atoms with Gasteiger partial charge in [0.15, 0.2) is 0 Å². The molecule has 0 spiro atoms. The lowest BCUT2D eigenvalue weighted by Crippen LogP contribution is -2.47. The van der Waals surface area contributed by atoms with Crippen molar-refractivity contribution in [2.45, 2.75) is 44.6 Å². The Morgan fingerprint density at radius 3 is 2.30 bits per heavy atom. The Labute approximate surface area is 138 Å². The van der Waals surface area contributed by atoms with Gasteiger partial charge in [-0.05, 0) is 43.0 Å². The molecule has 0 aromatic heterocycles. The van der Waals surface area contributed by atoms with Crippen LogP contribution in [0.15, 0.2) is 29.2 Å². The number of hydrogen-bond acceptors (Lipinski definition) is 4. The van der Waals surface area contributed by atoms with E-state index in [0.717, 1.165) is 6.42 Å². The molecule has 2 N–H and O–H groups in total. The first-order chi connectivity index (χ1) is 10.8. The molecule has 0 aliphatic heterocycles. The number of sulfonamides is 1. The summed E-state index contributed by atoms with van der Waals surface area (Å²) < 4.78 is 32.5. The van der Waals surface area contributed by atoms with Gasteiger partial charge in [0, 0.05) is 6.54 Å². The molecule has 1 atom stereocenters. The number of hydrogen-bond donors (Lipinski definition) is 2. The molecular weight excluding hydrogens is 316 g/mol. The van der Waals surface area contributed by atoms with E-state index in [2.05, 4.69) is 10.0 Å². The van der Waals surface area contributed by atoms with Gasteiger partial charge in [-0.15, -0.1) is 0 Å². The Morgan fingerprint density at radius 1 is 1.22 bits per heavy atom. The van der Waals surface area contributed by atoms with Crippen LogP contribution in [0.4, 0.5) is 0 Å². The van der Waals surface area contributed by atoms with Crippen molar-refractivity contribution in [3.8, 4) is 5.75 Å². The average Bonchev–Trinajstić information content (AvgIpc) is 2.51. The molecular formula is C16H26N2O4S. The predicted molar refractivity (Wildman–Crippen MR) is 89.9 cm³/mol. The largest absolute Gasteiger partial charge is 0.497 e. The molecule has 0 aliphatic rings. The Bertz CT molecular complexity index is 597. The van der Waals surface area contributed by atoms with Crippen LogP contribution in [0.25, 0.3) is 0 Å². The minimum Gasteiger partial charge on any atom is -0.497 e. The minimum atomic E-state index is -3.77. The molecule has 1 aromatic carbocycles. The van der Waals surface area contributed by atoms with E-state index in [1.807, 2.05) is 20.8 Å². The van der Waals surface area contributed by atoms with E-state index >= 15 is 0 Å². The highest BCUT2D eigenvalue weighted by Gasteiger charge is 2.26. The van der Waals surface area contributed by atoms with E-state index in [1.54, 1.807) is 12.1 Å². The molecule has 7 heteroatoms. The number of nitrogens with one attached hydrogen (secondary N) is 2. The maximum Gasteiger partial charge on any atom is 0.241 e. The molecule has 0 heterocycles. The van der Waals surface area contributed by atoms with E-state index in [9.17, 15) is 13.2 Å². The first-order valence-electron chi connectivity index (χ1n) is 7.74. The summed E-state index contributed by atoms with van der Waals surface area (Å²) in [4.78, 5) is 12.3. The van der Waals surface area contributed by atoms with Crippen LogP contribution in [0.2, 0.25) is 0 Å². The van der Waals surface area contributed by atoms with Crippen molar-refractivity contribution in [2.24, 2.45) is 5.92 Å². The normalized spacial score (nSPS) is 12.9. The third kappa shape index (κ3) is 6.19. The minimum absolute atomic E-state index is 0.107. The zero-order valence-corrected chi connectivity index (χ0v) is 14.9. The van der Waals surface area contributed by atoms with E-state index in [1.165, 1.54) is 19.2 Å². The molecule has 6 nitrogen and oxygen atoms in total. The maximum atomic E-state index is 12.5. The third-order valence-electron chi connectivity index (χ3n) is 3.24. The van der Waals surface area contributed by atoms with Gasteiger partial charge in [0.1, 0.15) is 11.8 Å². The second kappa shape index (κ2) is 8.88. The SMILES string of the molecule is CCCNC(=O)[C@@H](CC(C)C)NS(=O)(=O)c1ccc(OC)cc1. The molecule has 0 fully saturated rings. The summed E-state index contributed by atoms with van der Waals surface area (Å²) in [6, 6.07) is 5.27. The molecule has 1 amide bonds. The Kier molecular flexibility index (Phi) is 7.51. The summed E-state index contributed by atoms with van der Waals surface area (Å²) in [7, 11) is -2.25. The average molecular weight is 342 g/mol. The lowest BCUT2D eigenvalue weighted by atomic mass is 10.0. The van der Waals surface area contributed by atoms with Crippen molar-refractivity contribution < 1.29 is 17.9 Å². The van der Waals surface area contributed by atoms with Gasteiger partial charge in [-0.25, -0.2) is 8.42 Å². The Hall–Kier alpha value is -1.60. The number of rotatable bonds is 9. The molecule has 0 saturated carbocycles. The zero-order valence-electron chi connectivity index (χ0n) is 14.1. The standard InChI is InChI=1S/C16H26N2O4S/c1-5-10-17-16(19)15(11-12(2)3)18-23(20,21)14-8-6-13(22-4)7-9-14/h6-9,12,15,18H,5,10-11H2,1-4H3,(H,17,19)/t15-/m1/s1. The van der Waals surface area contributed by atoms with E-state index < -0.39 is 16.1 Å². The predicted octanol–water partition coefficient (Wildman–Crippen LogP) is 1.91. The van der Waals surface area contributed by atoms with E-state index in [0.29, 0.717) is 18.7 Å². The highest BCUT2D eigenvalue weighted by atomic mass is 32.2. The Morgan fingerprint density at radius 2 is 1.83 bits per heavy atom. The second-order valence-electron chi connectivity index (χ2n) is 5.77. The molecule has 0 radical (unpaired) electrons. The van der Waals surface area contributed by atoms with Gasteiger partial charge in [0.05, 0.1) is 12.0 Å². The van der Waals surface area contributed by atoms with Crippen LogP contribution >= 0.6 is 0 Å². The van der Waals surface area contributed by atoms with Crippen molar-refractivity contribution in [2.75, 3.05) is 13.7 Å². The molecule has 23 heavy (non-hydrogen) atoms. The number of ether oxygens (including phenoxy) is 1. The Balaban J connectivity index is 2.92. The van der Waals surface area contributed by atoms with Crippen molar-refractivity contribution in [1.82, 2.24) is 10.0 Å². The van der Waals surface area contributed by atoms with Crippen molar-refractivity contribution in [3.63, 3.8) is 0 Å². The van der Waals surface area contributed by atoms with Crippen molar-refractivity contribution >= 4 is 15.9 Å². The summed E-state index contributed by atoms with van der Waals surface area (Å²) >= 11 is 0. The van der Waals surface area contributed by atoms with Gasteiger partial charge < -0.3 is 10.1 Å². The van der Waals surface area contributed by atoms with Crippen LogP contribution in [-0.4, -0.2) is 34.0 Å². The van der Waals surface area contributed by atoms with Crippen LogP contribution in [0.5, 0.6) is 5.75 Å². The maximum absolute atomic E-state index is 12.5. The highest BCUT2D eigenvalue weighted by molar-refractivity contribution is 7.89. The summed E-state index contributed by atoms with van der Waals surface area (Å²) in [5.74, 6) is 0.465. The number of methoxy groups -OCH3 is 1. The topological polar surface area (TPSA) is 84.5 Å². The van der Waals surface area contributed by atoms with Gasteiger partial charge in [0.2, 0.25) is 15.9 Å². The van der Waals surface area contributed by atoms with Crippen molar-refractivity contribution in [3.05, 3.63) is 24.3 Å². The molecule has 0 unspecified atom stereocenters. The molecule has 0 aliphatic carbocycles. The summed E-state index contributed by atoms with van der Waals surface area (Å²) in [6.07, 6.45) is 1.23. The smallest absolute Gasteiger partial charge is 0.241 e. The fourth-order valence-electron chi connectivity index (χ4n) is 2.06. The summed E-state index contributed by atoms with van der Waals surface area (Å²) in [6.45, 7) is 6.36. The van der Waals surface area contributed by atoms with Gasteiger partial charge in [-0.3, -0.25) is 4.79 Å². The van der Waals surface area contributed by atoms with Crippen LogP contribution in [0, 0.1) is 5.92 Å². The molecule has 130 valence electrons. The summed E-state index contributed by atoms with van der Waals surface area (Å²) in [5, 5.41) is 2.74. The molecule has 0 saturated heterocycles. The van der Waals surface area contributed by atoms with Gasteiger partial charge in [0.25, 0.3) is 0 Å². The quantitative estimate of drug-likeness (QED) is 0.718. The lowest BCUT2D eigenvalue weighted by molar-refractivity contribution is -0.123. The van der Waals surface area contributed by atoms with Gasteiger partial charge in [-0.1, -0.05) is 20.8 Å². The monoisotopic (exact) mass is 342 g/mol. The second-order valence-corrected chi connectivity index (χ2v) is 7.48. The van der Waals surface area contributed by atoms with Crippen molar-refractivity contribution in [1.29, 1.82) is 0 Å². The van der Waals surface area contributed by atoms with E-state index in [4.69, 9.17) is 4.74 Å². The number of benzene rings is 1. The number of carbonyl (C=O) groups is 1. The molecule has 1 rings (SSSR count). The first-order valence-corrected chi connectivity index (χ1v) is 9.22. The first kappa shape index (κ1) is 19.4. The fraction of sp³-hybridized carbons (Fsp3) is 0.562. The number of amides is 1. The lowest BCUT2D eigenvalue weighted by Gasteiger charge is -2.20. The fourth-order valence-corrected chi connectivity index (χ4v) is 3.27. The van der Waals surface area contributed by atoms with Crippen LogP contribution in [0.3, 0.4) is 0 Å². The number of carbonyl (C=O) groups excluding carboxylic acids is 1. The molecule has 0 bridgehead atoms.